The summed E-state index contributed by atoms with van der Waals surface area (Å²) in [7, 11) is 6.29. The van der Waals surface area contributed by atoms with E-state index in [-0.39, 0.29) is 18.0 Å². The van der Waals surface area contributed by atoms with Gasteiger partial charge in [-0.2, -0.15) is 5.10 Å². The summed E-state index contributed by atoms with van der Waals surface area (Å²) >= 11 is 1.51. The third kappa shape index (κ3) is 6.12. The van der Waals surface area contributed by atoms with E-state index in [9.17, 15) is 9.59 Å². The topological polar surface area (TPSA) is 114 Å². The van der Waals surface area contributed by atoms with Crippen molar-refractivity contribution in [1.82, 2.24) is 20.1 Å². The van der Waals surface area contributed by atoms with Crippen LogP contribution in [-0.4, -0.2) is 55.7 Å². The molecule has 0 aliphatic rings. The van der Waals surface area contributed by atoms with Gasteiger partial charge >= 0.3 is 0 Å². The predicted octanol–water partition coefficient (Wildman–Crippen LogP) is 3.43. The first-order chi connectivity index (χ1) is 18.4. The Morgan fingerprint density at radius 3 is 2.42 bits per heavy atom. The molecule has 0 aliphatic heterocycles. The highest BCUT2D eigenvalue weighted by molar-refractivity contribution is 7.13. The zero-order chi connectivity index (χ0) is 27.1. The second kappa shape index (κ2) is 12.2. The molecule has 0 bridgehead atoms. The average Bonchev–Trinajstić information content (AvgIpc) is 3.42. The van der Waals surface area contributed by atoms with Crippen LogP contribution in [0.1, 0.15) is 5.69 Å². The molecular formula is C27H28N4O6S. The van der Waals surface area contributed by atoms with Crippen molar-refractivity contribution in [1.29, 1.82) is 0 Å². The molecule has 1 N–H and O–H groups in total. The Kier molecular flexibility index (Phi) is 8.59. The van der Waals surface area contributed by atoms with Gasteiger partial charge in [0.1, 0.15) is 23.1 Å². The molecule has 0 saturated carbocycles. The van der Waals surface area contributed by atoms with Gasteiger partial charge in [-0.1, -0.05) is 0 Å². The van der Waals surface area contributed by atoms with E-state index < -0.39 is 0 Å². The van der Waals surface area contributed by atoms with Crippen LogP contribution in [0.3, 0.4) is 0 Å². The minimum Gasteiger partial charge on any atom is -0.497 e. The SMILES string of the molecule is COc1ccc(OC)c(-c2ccc(=O)n(CC(=O)NCCc3csc(-c4ccc(OC)c(OC)c4)n3)n2)c1. The van der Waals surface area contributed by atoms with Crippen molar-refractivity contribution in [2.24, 2.45) is 0 Å². The molecule has 0 atom stereocenters. The molecule has 0 fully saturated rings. The van der Waals surface area contributed by atoms with Gasteiger partial charge < -0.3 is 24.3 Å². The van der Waals surface area contributed by atoms with Gasteiger partial charge in [0.25, 0.3) is 5.56 Å². The Labute approximate surface area is 223 Å². The lowest BCUT2D eigenvalue weighted by molar-refractivity contribution is -0.121. The fraction of sp³-hybridized carbons (Fsp3) is 0.259. The molecule has 2 heterocycles. The molecule has 0 aliphatic carbocycles. The summed E-state index contributed by atoms with van der Waals surface area (Å²) in [4.78, 5) is 29.6. The molecule has 1 amide bonds. The standard InChI is InChI=1S/C27H28N4O6S/c1-34-19-6-9-22(35-2)20(14-19)21-7-10-26(33)31(30-21)15-25(32)28-12-11-18-16-38-27(29-18)17-5-8-23(36-3)24(13-17)37-4/h5-10,13-14,16H,11-12,15H2,1-4H3,(H,28,32). The minimum absolute atomic E-state index is 0.215. The number of hydrogen-bond acceptors (Lipinski definition) is 9. The molecule has 0 spiro atoms. The monoisotopic (exact) mass is 536 g/mol. The van der Waals surface area contributed by atoms with Crippen molar-refractivity contribution < 1.29 is 23.7 Å². The van der Waals surface area contributed by atoms with Crippen LogP contribution in [0.25, 0.3) is 21.8 Å². The van der Waals surface area contributed by atoms with E-state index in [1.807, 2.05) is 23.6 Å². The van der Waals surface area contributed by atoms with Gasteiger partial charge in [-0.05, 0) is 42.5 Å². The maximum Gasteiger partial charge on any atom is 0.267 e. The highest BCUT2D eigenvalue weighted by Gasteiger charge is 2.13. The number of hydrogen-bond donors (Lipinski definition) is 1. The molecule has 0 radical (unpaired) electrons. The molecule has 198 valence electrons. The third-order valence-electron chi connectivity index (χ3n) is 5.73. The summed E-state index contributed by atoms with van der Waals surface area (Å²) in [6, 6.07) is 13.9. The third-order valence-corrected chi connectivity index (χ3v) is 6.67. The van der Waals surface area contributed by atoms with Crippen molar-refractivity contribution in [3.05, 3.63) is 70.0 Å². The van der Waals surface area contributed by atoms with Crippen molar-refractivity contribution in [3.8, 4) is 44.8 Å². The molecule has 4 aromatic rings. The lowest BCUT2D eigenvalue weighted by atomic mass is 10.1. The fourth-order valence-corrected chi connectivity index (χ4v) is 4.62. The smallest absolute Gasteiger partial charge is 0.267 e. The Hall–Kier alpha value is -4.38. The number of nitrogens with zero attached hydrogens (tertiary/aromatic N) is 3. The van der Waals surface area contributed by atoms with E-state index in [0.717, 1.165) is 20.9 Å². The molecular weight excluding hydrogens is 508 g/mol. The van der Waals surface area contributed by atoms with Gasteiger partial charge in [0.15, 0.2) is 11.5 Å². The van der Waals surface area contributed by atoms with Crippen molar-refractivity contribution in [2.45, 2.75) is 13.0 Å². The number of benzene rings is 2. The summed E-state index contributed by atoms with van der Waals surface area (Å²) in [5, 5.41) is 10.0. The van der Waals surface area contributed by atoms with Crippen molar-refractivity contribution in [2.75, 3.05) is 35.0 Å². The van der Waals surface area contributed by atoms with Crippen LogP contribution >= 0.6 is 11.3 Å². The molecule has 0 unspecified atom stereocenters. The van der Waals surface area contributed by atoms with Crippen LogP contribution in [0.15, 0.2) is 58.7 Å². The number of thiazole rings is 1. The number of methoxy groups -OCH3 is 4. The zero-order valence-corrected chi connectivity index (χ0v) is 22.3. The zero-order valence-electron chi connectivity index (χ0n) is 21.5. The number of amides is 1. The molecule has 4 rings (SSSR count). The Morgan fingerprint density at radius 1 is 0.921 bits per heavy atom. The van der Waals surface area contributed by atoms with Gasteiger partial charge in [0.05, 0.1) is 39.8 Å². The predicted molar refractivity (Wildman–Crippen MR) is 144 cm³/mol. The van der Waals surface area contributed by atoms with Crippen LogP contribution in [0.4, 0.5) is 0 Å². The van der Waals surface area contributed by atoms with Gasteiger partial charge in [-0.3, -0.25) is 9.59 Å². The first kappa shape index (κ1) is 26.7. The Bertz CT molecular complexity index is 1480. The molecule has 11 heteroatoms. The van der Waals surface area contributed by atoms with Gasteiger partial charge in [0, 0.05) is 35.5 Å². The summed E-state index contributed by atoms with van der Waals surface area (Å²) in [5.41, 5.74) is 2.52. The number of carbonyl (C=O) groups is 1. The molecule has 10 nitrogen and oxygen atoms in total. The maximum absolute atomic E-state index is 12.6. The second-order valence-corrected chi connectivity index (χ2v) is 8.95. The summed E-state index contributed by atoms with van der Waals surface area (Å²) in [6.07, 6.45) is 0.541. The van der Waals surface area contributed by atoms with E-state index in [2.05, 4.69) is 15.4 Å². The lowest BCUT2D eigenvalue weighted by Crippen LogP contribution is -2.34. The number of ether oxygens (including phenoxy) is 4. The van der Waals surface area contributed by atoms with Crippen LogP contribution < -0.4 is 29.8 Å². The van der Waals surface area contributed by atoms with E-state index in [4.69, 9.17) is 18.9 Å². The lowest BCUT2D eigenvalue weighted by Gasteiger charge is -2.12. The van der Waals surface area contributed by atoms with Crippen molar-refractivity contribution >= 4 is 17.2 Å². The normalized spacial score (nSPS) is 10.6. The Balaban J connectivity index is 1.38. The maximum atomic E-state index is 12.6. The number of carbonyl (C=O) groups excluding carboxylic acids is 1. The van der Waals surface area contributed by atoms with Crippen molar-refractivity contribution in [3.63, 3.8) is 0 Å². The fourth-order valence-electron chi connectivity index (χ4n) is 3.77. The van der Waals surface area contributed by atoms with Gasteiger partial charge in [0.2, 0.25) is 5.91 Å². The summed E-state index contributed by atoms with van der Waals surface area (Å²) in [5.74, 6) is 2.15. The highest BCUT2D eigenvalue weighted by Crippen LogP contribution is 2.34. The van der Waals surface area contributed by atoms with Gasteiger partial charge in [-0.25, -0.2) is 9.67 Å². The van der Waals surface area contributed by atoms with E-state index in [0.29, 0.717) is 47.2 Å². The summed E-state index contributed by atoms with van der Waals surface area (Å²) in [6.45, 7) is 0.152. The van der Waals surface area contributed by atoms with Gasteiger partial charge in [-0.15, -0.1) is 11.3 Å². The van der Waals surface area contributed by atoms with Crippen LogP contribution in [0.5, 0.6) is 23.0 Å². The molecule has 38 heavy (non-hydrogen) atoms. The van der Waals surface area contributed by atoms with Crippen LogP contribution in [-0.2, 0) is 17.8 Å². The van der Waals surface area contributed by atoms with Crippen LogP contribution in [0.2, 0.25) is 0 Å². The number of aromatic nitrogens is 3. The minimum atomic E-state index is -0.384. The molecule has 2 aromatic carbocycles. The Morgan fingerprint density at radius 2 is 1.68 bits per heavy atom. The average molecular weight is 537 g/mol. The van der Waals surface area contributed by atoms with Crippen LogP contribution in [0, 0.1) is 0 Å². The molecule has 2 aromatic heterocycles. The largest absolute Gasteiger partial charge is 0.497 e. The number of nitrogens with one attached hydrogen (secondary N) is 1. The first-order valence-corrected chi connectivity index (χ1v) is 12.6. The highest BCUT2D eigenvalue weighted by atomic mass is 32.1. The summed E-state index contributed by atoms with van der Waals surface area (Å²) < 4.78 is 22.5. The quantitative estimate of drug-likeness (QED) is 0.310. The van der Waals surface area contributed by atoms with E-state index >= 15 is 0 Å². The van der Waals surface area contributed by atoms with E-state index in [1.54, 1.807) is 52.7 Å². The second-order valence-electron chi connectivity index (χ2n) is 8.09. The number of rotatable bonds is 11. The first-order valence-electron chi connectivity index (χ1n) is 11.7. The molecule has 0 saturated heterocycles. The van der Waals surface area contributed by atoms with E-state index in [1.165, 1.54) is 17.4 Å².